The lowest BCUT2D eigenvalue weighted by molar-refractivity contribution is 0.218. The lowest BCUT2D eigenvalue weighted by atomic mass is 10.3. The van der Waals surface area contributed by atoms with Gasteiger partial charge in [-0.2, -0.15) is 0 Å². The molecular formula is C8H18ClN3. The third kappa shape index (κ3) is 4.50. The molecule has 0 aliphatic carbocycles. The Morgan fingerprint density at radius 2 is 1.83 bits per heavy atom. The first-order chi connectivity index (χ1) is 5.29. The van der Waals surface area contributed by atoms with Crippen molar-refractivity contribution in [3.8, 4) is 0 Å². The molecule has 12 heavy (non-hydrogen) atoms. The summed E-state index contributed by atoms with van der Waals surface area (Å²) in [6.45, 7) is 8.25. The number of halogens is 1. The van der Waals surface area contributed by atoms with Gasteiger partial charge >= 0.3 is 0 Å². The molecule has 3 nitrogen and oxygen atoms in total. The summed E-state index contributed by atoms with van der Waals surface area (Å²) in [6, 6.07) is 2.10. The molecule has 0 saturated heterocycles. The zero-order chi connectivity index (χ0) is 8.69. The average Bonchev–Trinajstić information content (AvgIpc) is 2.05. The minimum Gasteiger partial charge on any atom is -0.282 e. The molecular weight excluding hydrogens is 174 g/mol. The monoisotopic (exact) mass is 191 g/mol. The minimum absolute atomic E-state index is 0. The largest absolute Gasteiger partial charge is 0.282 e. The predicted octanol–water partition coefficient (Wildman–Crippen LogP) is 2.24. The maximum absolute atomic E-state index is 6.74. The second kappa shape index (κ2) is 8.72. The van der Waals surface area contributed by atoms with Crippen LogP contribution in [0, 0.1) is 5.41 Å². The number of hydrogen-bond acceptors (Lipinski definition) is 3. The van der Waals surface area contributed by atoms with E-state index in [0.29, 0.717) is 0 Å². The molecule has 0 aromatic rings. The van der Waals surface area contributed by atoms with E-state index in [-0.39, 0.29) is 18.6 Å². The fourth-order valence-electron chi connectivity index (χ4n) is 1.15. The highest BCUT2D eigenvalue weighted by Crippen LogP contribution is 2.03. The average molecular weight is 192 g/mol. The molecule has 0 amide bonds. The molecule has 0 aliphatic heterocycles. The molecule has 0 aliphatic rings. The second-order valence-corrected chi connectivity index (χ2v) is 2.35. The Bertz CT molecular complexity index is 139. The van der Waals surface area contributed by atoms with E-state index >= 15 is 0 Å². The van der Waals surface area contributed by atoms with Crippen LogP contribution in [0.5, 0.6) is 0 Å². The van der Waals surface area contributed by atoms with Crippen molar-refractivity contribution in [2.45, 2.75) is 33.4 Å². The molecule has 0 aromatic carbocycles. The molecule has 0 spiro atoms. The SMILES string of the molecule is CCC(N=C=N)N(CC)CC.Cl. The molecule has 0 aromatic heterocycles. The summed E-state index contributed by atoms with van der Waals surface area (Å²) in [6.07, 6.45) is 1.11. The van der Waals surface area contributed by atoms with Gasteiger partial charge in [0.15, 0.2) is 0 Å². The van der Waals surface area contributed by atoms with Crippen molar-refractivity contribution in [1.82, 2.24) is 4.90 Å². The van der Waals surface area contributed by atoms with Gasteiger partial charge in [-0.15, -0.1) is 12.4 Å². The fraction of sp³-hybridized carbons (Fsp3) is 0.875. The fourth-order valence-corrected chi connectivity index (χ4v) is 1.15. The molecule has 0 radical (unpaired) electrons. The molecule has 0 bridgehead atoms. The van der Waals surface area contributed by atoms with E-state index in [9.17, 15) is 0 Å². The summed E-state index contributed by atoms with van der Waals surface area (Å²) in [5, 5.41) is 6.74. The van der Waals surface area contributed by atoms with Crippen LogP contribution in [0.4, 0.5) is 0 Å². The van der Waals surface area contributed by atoms with E-state index in [1.807, 2.05) is 0 Å². The van der Waals surface area contributed by atoms with Gasteiger partial charge in [-0.05, 0) is 19.5 Å². The zero-order valence-corrected chi connectivity index (χ0v) is 8.82. The van der Waals surface area contributed by atoms with Crippen LogP contribution in [-0.4, -0.2) is 30.2 Å². The summed E-state index contributed by atoms with van der Waals surface area (Å²) in [5.74, 6) is 0. The Morgan fingerprint density at radius 1 is 1.33 bits per heavy atom. The Kier molecular flexibility index (Phi) is 10.3. The van der Waals surface area contributed by atoms with Crippen LogP contribution in [0.3, 0.4) is 0 Å². The second-order valence-electron chi connectivity index (χ2n) is 2.35. The summed E-state index contributed by atoms with van der Waals surface area (Å²) in [4.78, 5) is 6.14. The van der Waals surface area contributed by atoms with Crippen LogP contribution in [0.25, 0.3) is 0 Å². The molecule has 0 rings (SSSR count). The molecule has 0 heterocycles. The molecule has 4 heteroatoms. The maximum Gasteiger partial charge on any atom is 0.113 e. The van der Waals surface area contributed by atoms with Gasteiger partial charge in [0.05, 0.1) is 6.01 Å². The van der Waals surface area contributed by atoms with Crippen molar-refractivity contribution in [2.75, 3.05) is 13.1 Å². The van der Waals surface area contributed by atoms with E-state index in [1.54, 1.807) is 0 Å². The van der Waals surface area contributed by atoms with Crippen LogP contribution in [0.1, 0.15) is 27.2 Å². The zero-order valence-electron chi connectivity index (χ0n) is 8.00. The van der Waals surface area contributed by atoms with Gasteiger partial charge in [0.2, 0.25) is 0 Å². The lowest BCUT2D eigenvalue weighted by Crippen LogP contribution is -2.32. The molecule has 1 unspecified atom stereocenters. The van der Waals surface area contributed by atoms with Crippen molar-refractivity contribution in [1.29, 1.82) is 5.41 Å². The van der Waals surface area contributed by atoms with E-state index in [4.69, 9.17) is 5.41 Å². The molecule has 72 valence electrons. The topological polar surface area (TPSA) is 39.5 Å². The number of rotatable bonds is 5. The third-order valence-electron chi connectivity index (χ3n) is 1.81. The van der Waals surface area contributed by atoms with Crippen molar-refractivity contribution in [3.63, 3.8) is 0 Å². The molecule has 0 saturated carbocycles. The van der Waals surface area contributed by atoms with E-state index in [0.717, 1.165) is 19.5 Å². The first-order valence-corrected chi connectivity index (χ1v) is 4.15. The lowest BCUT2D eigenvalue weighted by Gasteiger charge is -2.23. The standard InChI is InChI=1S/C8H17N3.ClH/c1-4-8(10-7-9)11(5-2)6-3;/h8-9H,4-6H2,1-3H3;1H. The predicted molar refractivity (Wildman–Crippen MR) is 54.4 cm³/mol. The van der Waals surface area contributed by atoms with Crippen LogP contribution >= 0.6 is 12.4 Å². The first kappa shape index (κ1) is 14.2. The number of nitrogens with one attached hydrogen (secondary N) is 1. The van der Waals surface area contributed by atoms with Crippen molar-refractivity contribution in [2.24, 2.45) is 4.99 Å². The summed E-state index contributed by atoms with van der Waals surface area (Å²) in [5.41, 5.74) is 0. The third-order valence-corrected chi connectivity index (χ3v) is 1.81. The van der Waals surface area contributed by atoms with Crippen molar-refractivity contribution >= 4 is 18.4 Å². The highest BCUT2D eigenvalue weighted by molar-refractivity contribution is 5.85. The molecule has 0 fully saturated rings. The molecule has 1 N–H and O–H groups in total. The van der Waals surface area contributed by atoms with Crippen LogP contribution < -0.4 is 0 Å². The maximum atomic E-state index is 6.74. The van der Waals surface area contributed by atoms with Gasteiger partial charge in [0.1, 0.15) is 6.17 Å². The minimum atomic E-state index is 0. The smallest absolute Gasteiger partial charge is 0.113 e. The van der Waals surface area contributed by atoms with Gasteiger partial charge in [0, 0.05) is 0 Å². The van der Waals surface area contributed by atoms with Crippen LogP contribution in [0.2, 0.25) is 0 Å². The van der Waals surface area contributed by atoms with Crippen LogP contribution in [0.15, 0.2) is 4.99 Å². The Hall–Kier alpha value is -0.370. The van der Waals surface area contributed by atoms with Gasteiger partial charge < -0.3 is 0 Å². The van der Waals surface area contributed by atoms with Gasteiger partial charge in [-0.1, -0.05) is 20.8 Å². The first-order valence-electron chi connectivity index (χ1n) is 4.15. The number of nitrogens with zero attached hydrogens (tertiary/aromatic N) is 2. The summed E-state index contributed by atoms with van der Waals surface area (Å²) in [7, 11) is 0. The van der Waals surface area contributed by atoms with Crippen molar-refractivity contribution < 1.29 is 0 Å². The Morgan fingerprint density at radius 3 is 2.08 bits per heavy atom. The normalized spacial score (nSPS) is 11.7. The van der Waals surface area contributed by atoms with Gasteiger partial charge in [-0.3, -0.25) is 4.90 Å². The number of hydrogen-bond donors (Lipinski definition) is 1. The van der Waals surface area contributed by atoms with E-state index in [2.05, 4.69) is 36.7 Å². The molecule has 1 atom stereocenters. The number of aliphatic imine (C=N–C) groups is 1. The van der Waals surface area contributed by atoms with Crippen molar-refractivity contribution in [3.05, 3.63) is 0 Å². The van der Waals surface area contributed by atoms with Crippen LogP contribution in [-0.2, 0) is 0 Å². The highest BCUT2D eigenvalue weighted by atomic mass is 35.5. The van der Waals surface area contributed by atoms with Gasteiger partial charge in [-0.25, -0.2) is 10.4 Å². The Balaban J connectivity index is 0. The summed E-state index contributed by atoms with van der Waals surface area (Å²) >= 11 is 0. The van der Waals surface area contributed by atoms with Gasteiger partial charge in [0.25, 0.3) is 0 Å². The van der Waals surface area contributed by atoms with E-state index in [1.165, 1.54) is 0 Å². The summed E-state index contributed by atoms with van der Waals surface area (Å²) < 4.78 is 0. The highest BCUT2D eigenvalue weighted by Gasteiger charge is 2.10. The van der Waals surface area contributed by atoms with E-state index < -0.39 is 0 Å². The quantitative estimate of drug-likeness (QED) is 0.666. The Labute approximate surface area is 80.8 Å².